The molecule has 10 heteroatoms. The quantitative estimate of drug-likeness (QED) is 0.455. The largest absolute Gasteiger partial charge is 0.392 e. The molecule has 2 aromatic carbocycles. The average molecular weight is 470 g/mol. The van der Waals surface area contributed by atoms with E-state index >= 15 is 0 Å². The number of aryl methyl sites for hydroxylation is 2. The molecule has 9 nitrogen and oxygen atoms in total. The van der Waals surface area contributed by atoms with E-state index in [0.717, 1.165) is 36.0 Å². The molecule has 0 unspecified atom stereocenters. The van der Waals surface area contributed by atoms with Crippen LogP contribution in [-0.4, -0.2) is 40.5 Å². The van der Waals surface area contributed by atoms with Gasteiger partial charge in [0.2, 0.25) is 15.9 Å². The zero-order valence-corrected chi connectivity index (χ0v) is 19.1. The van der Waals surface area contributed by atoms with Crippen molar-refractivity contribution in [1.82, 2.24) is 19.7 Å². The number of nitrogens with zero attached hydrogens (tertiary/aromatic N) is 3. The highest BCUT2D eigenvalue weighted by Crippen LogP contribution is 2.33. The van der Waals surface area contributed by atoms with Crippen molar-refractivity contribution in [2.75, 3.05) is 0 Å². The molecule has 0 saturated carbocycles. The number of fused-ring (bicyclic) bond motifs is 1. The van der Waals surface area contributed by atoms with Gasteiger partial charge in [0.05, 0.1) is 23.2 Å². The molecular formula is C23H27N5O4S. The monoisotopic (exact) mass is 469 g/mol. The van der Waals surface area contributed by atoms with E-state index in [4.69, 9.17) is 5.73 Å². The molecule has 1 heterocycles. The van der Waals surface area contributed by atoms with Crippen molar-refractivity contribution in [1.29, 1.82) is 0 Å². The predicted molar refractivity (Wildman–Crippen MR) is 122 cm³/mol. The fourth-order valence-electron chi connectivity index (χ4n) is 4.16. The van der Waals surface area contributed by atoms with Crippen molar-refractivity contribution < 1.29 is 18.3 Å². The zero-order chi connectivity index (χ0) is 23.6. The lowest BCUT2D eigenvalue weighted by molar-refractivity contribution is -0.119. The number of hydrogen-bond donors (Lipinski definition) is 3. The molecule has 0 fully saturated rings. The predicted octanol–water partition coefficient (Wildman–Crippen LogP) is 1.38. The highest BCUT2D eigenvalue weighted by Gasteiger charge is 2.27. The van der Waals surface area contributed by atoms with E-state index in [1.165, 1.54) is 17.7 Å². The number of aliphatic hydroxyl groups excluding tert-OH is 1. The first-order valence-corrected chi connectivity index (χ1v) is 12.3. The summed E-state index contributed by atoms with van der Waals surface area (Å²) in [5, 5.41) is 17.8. The van der Waals surface area contributed by atoms with Gasteiger partial charge in [-0.05, 0) is 55.0 Å². The van der Waals surface area contributed by atoms with E-state index in [1.807, 2.05) is 25.1 Å². The summed E-state index contributed by atoms with van der Waals surface area (Å²) >= 11 is 0. The van der Waals surface area contributed by atoms with Crippen LogP contribution < -0.4 is 10.5 Å². The molecule has 174 valence electrons. The molecule has 0 aliphatic heterocycles. The molecule has 1 aliphatic rings. The molecule has 1 aliphatic carbocycles. The summed E-state index contributed by atoms with van der Waals surface area (Å²) in [6.45, 7) is 1.86. The van der Waals surface area contributed by atoms with Crippen LogP contribution in [0.25, 0.3) is 0 Å². The molecule has 2 atom stereocenters. The number of nitrogens with two attached hydrogens (primary N) is 1. The lowest BCUT2D eigenvalue weighted by Gasteiger charge is -2.25. The summed E-state index contributed by atoms with van der Waals surface area (Å²) in [7, 11) is -3.93. The second kappa shape index (κ2) is 9.42. The smallest absolute Gasteiger partial charge is 0.241 e. The van der Waals surface area contributed by atoms with Gasteiger partial charge >= 0.3 is 0 Å². The van der Waals surface area contributed by atoms with Crippen LogP contribution in [0.1, 0.15) is 46.8 Å². The first-order chi connectivity index (χ1) is 15.8. The second-order valence-corrected chi connectivity index (χ2v) is 10.1. The third-order valence-electron chi connectivity index (χ3n) is 5.94. The Bertz CT molecular complexity index is 1250. The standard InChI is InChI=1S/C23H27N5O4S/c1-15-5-8-19(9-6-15)33(31,32)26-21(23(24)30)12-18-13-28(27-25-18)22-4-2-3-17-11-16(14-29)7-10-20(17)22/h5-11,13,21-22,26,29H,2-4,12,14H2,1H3,(H2,24,30)/t21-,22+/m0/s1. The topological polar surface area (TPSA) is 140 Å². The number of carbonyl (C=O) groups excluding carboxylic acids is 1. The van der Waals surface area contributed by atoms with Crippen LogP contribution in [0.3, 0.4) is 0 Å². The van der Waals surface area contributed by atoms with E-state index in [-0.39, 0.29) is 24.0 Å². The molecule has 0 saturated heterocycles. The van der Waals surface area contributed by atoms with Gasteiger partial charge in [-0.1, -0.05) is 41.1 Å². The Morgan fingerprint density at radius 2 is 2.03 bits per heavy atom. The molecular weight excluding hydrogens is 442 g/mol. The number of nitrogens with one attached hydrogen (secondary N) is 1. The Kier molecular flexibility index (Phi) is 6.59. The molecule has 33 heavy (non-hydrogen) atoms. The molecule has 0 radical (unpaired) electrons. The third kappa shape index (κ3) is 5.13. The van der Waals surface area contributed by atoms with Crippen LogP contribution in [-0.2, 0) is 34.3 Å². The Hall–Kier alpha value is -3.08. The van der Waals surface area contributed by atoms with E-state index in [9.17, 15) is 18.3 Å². The molecule has 0 bridgehead atoms. The van der Waals surface area contributed by atoms with Gasteiger partial charge in [0.1, 0.15) is 6.04 Å². The van der Waals surface area contributed by atoms with Crippen LogP contribution in [0.5, 0.6) is 0 Å². The fraction of sp³-hybridized carbons (Fsp3) is 0.348. The number of aromatic nitrogens is 3. The maximum atomic E-state index is 12.7. The highest BCUT2D eigenvalue weighted by atomic mass is 32.2. The number of carbonyl (C=O) groups is 1. The minimum Gasteiger partial charge on any atom is -0.392 e. The van der Waals surface area contributed by atoms with Crippen LogP contribution in [0.4, 0.5) is 0 Å². The third-order valence-corrected chi connectivity index (χ3v) is 7.42. The Labute approximate surface area is 192 Å². The van der Waals surface area contributed by atoms with Crippen molar-refractivity contribution in [3.8, 4) is 0 Å². The summed E-state index contributed by atoms with van der Waals surface area (Å²) < 4.78 is 29.6. The summed E-state index contributed by atoms with van der Waals surface area (Å²) in [6.07, 6.45) is 4.51. The van der Waals surface area contributed by atoms with Crippen molar-refractivity contribution in [2.24, 2.45) is 5.73 Å². The minimum atomic E-state index is -3.93. The molecule has 1 aromatic heterocycles. The van der Waals surface area contributed by atoms with E-state index in [0.29, 0.717) is 5.69 Å². The van der Waals surface area contributed by atoms with Crippen LogP contribution in [0.2, 0.25) is 0 Å². The molecule has 0 spiro atoms. The van der Waals surface area contributed by atoms with E-state index in [1.54, 1.807) is 23.0 Å². The fourth-order valence-corrected chi connectivity index (χ4v) is 5.36. The highest BCUT2D eigenvalue weighted by molar-refractivity contribution is 7.89. The van der Waals surface area contributed by atoms with Gasteiger partial charge in [0, 0.05) is 12.6 Å². The lowest BCUT2D eigenvalue weighted by Crippen LogP contribution is -2.45. The normalized spacial score (nSPS) is 16.8. The van der Waals surface area contributed by atoms with Crippen LogP contribution in [0.15, 0.2) is 53.6 Å². The molecule has 1 amide bonds. The van der Waals surface area contributed by atoms with Crippen molar-refractivity contribution in [3.05, 3.63) is 76.6 Å². The second-order valence-electron chi connectivity index (χ2n) is 8.38. The van der Waals surface area contributed by atoms with Gasteiger partial charge in [-0.25, -0.2) is 13.1 Å². The minimum absolute atomic E-state index is 0.00157. The van der Waals surface area contributed by atoms with Gasteiger partial charge in [0.25, 0.3) is 0 Å². The van der Waals surface area contributed by atoms with Crippen LogP contribution >= 0.6 is 0 Å². The summed E-state index contributed by atoms with van der Waals surface area (Å²) in [4.78, 5) is 12.1. The number of rotatable bonds is 8. The summed E-state index contributed by atoms with van der Waals surface area (Å²) in [5.74, 6) is -0.792. The molecule has 4 rings (SSSR count). The number of sulfonamides is 1. The average Bonchev–Trinajstić information content (AvgIpc) is 3.26. The SMILES string of the molecule is Cc1ccc(S(=O)(=O)N[C@@H](Cc2cn([C@@H]3CCCc4cc(CO)ccc43)nn2)C(N)=O)cc1. The number of hydrogen-bond acceptors (Lipinski definition) is 6. The Balaban J connectivity index is 1.52. The number of benzene rings is 2. The number of primary amides is 1. The maximum Gasteiger partial charge on any atom is 0.241 e. The number of aliphatic hydroxyl groups is 1. The zero-order valence-electron chi connectivity index (χ0n) is 18.3. The van der Waals surface area contributed by atoms with E-state index in [2.05, 4.69) is 15.0 Å². The van der Waals surface area contributed by atoms with Crippen LogP contribution in [0, 0.1) is 6.92 Å². The van der Waals surface area contributed by atoms with Gasteiger partial charge in [0.15, 0.2) is 0 Å². The van der Waals surface area contributed by atoms with Crippen molar-refractivity contribution in [2.45, 2.75) is 56.2 Å². The first kappa shape index (κ1) is 23.1. The van der Waals surface area contributed by atoms with Gasteiger partial charge in [-0.2, -0.15) is 4.72 Å². The summed E-state index contributed by atoms with van der Waals surface area (Å²) in [6, 6.07) is 11.1. The maximum absolute atomic E-state index is 12.7. The van der Waals surface area contributed by atoms with E-state index < -0.39 is 22.0 Å². The summed E-state index contributed by atoms with van der Waals surface area (Å²) in [5.41, 5.74) is 10.1. The van der Waals surface area contributed by atoms with Gasteiger partial charge < -0.3 is 10.8 Å². The molecule has 3 aromatic rings. The number of amides is 1. The Morgan fingerprint density at radius 1 is 1.27 bits per heavy atom. The van der Waals surface area contributed by atoms with Gasteiger partial charge in [-0.3, -0.25) is 4.79 Å². The van der Waals surface area contributed by atoms with Crippen molar-refractivity contribution >= 4 is 15.9 Å². The first-order valence-electron chi connectivity index (χ1n) is 10.8. The lowest BCUT2D eigenvalue weighted by atomic mass is 9.86. The van der Waals surface area contributed by atoms with Gasteiger partial charge in [-0.15, -0.1) is 5.10 Å². The van der Waals surface area contributed by atoms with Crippen molar-refractivity contribution in [3.63, 3.8) is 0 Å². The molecule has 4 N–H and O–H groups in total. The Morgan fingerprint density at radius 3 is 2.73 bits per heavy atom.